The highest BCUT2D eigenvalue weighted by Gasteiger charge is 2.29. The summed E-state index contributed by atoms with van der Waals surface area (Å²) >= 11 is 0. The number of esters is 1. The van der Waals surface area contributed by atoms with E-state index in [0.717, 1.165) is 0 Å². The Labute approximate surface area is 65.2 Å². The van der Waals surface area contributed by atoms with E-state index >= 15 is 0 Å². The standard InChI is InChI=1S/C7H11NO3/c1-3-10-7(9)6-5(2)11-4-8-6/h4-6H,3H2,1-2H3/t5-,6+/m0/s1. The van der Waals surface area contributed by atoms with Gasteiger partial charge in [-0.3, -0.25) is 0 Å². The molecule has 1 heterocycles. The lowest BCUT2D eigenvalue weighted by atomic mass is 10.2. The molecule has 0 amide bonds. The monoisotopic (exact) mass is 157 g/mol. The van der Waals surface area contributed by atoms with Crippen LogP contribution in [0, 0.1) is 0 Å². The molecule has 0 saturated carbocycles. The van der Waals surface area contributed by atoms with E-state index in [0.29, 0.717) is 6.61 Å². The Hall–Kier alpha value is -1.06. The molecule has 0 unspecified atom stereocenters. The molecular formula is C7H11NO3. The maximum absolute atomic E-state index is 11.0. The van der Waals surface area contributed by atoms with E-state index in [1.807, 2.05) is 0 Å². The van der Waals surface area contributed by atoms with Crippen LogP contribution in [0.3, 0.4) is 0 Å². The van der Waals surface area contributed by atoms with Gasteiger partial charge in [-0.2, -0.15) is 0 Å². The number of hydrogen-bond acceptors (Lipinski definition) is 4. The van der Waals surface area contributed by atoms with Gasteiger partial charge >= 0.3 is 5.97 Å². The molecule has 1 aliphatic heterocycles. The Morgan fingerprint density at radius 3 is 3.00 bits per heavy atom. The zero-order valence-electron chi connectivity index (χ0n) is 6.61. The highest BCUT2D eigenvalue weighted by molar-refractivity contribution is 5.79. The zero-order chi connectivity index (χ0) is 8.27. The second-order valence-corrected chi connectivity index (χ2v) is 2.29. The molecule has 0 aliphatic carbocycles. The van der Waals surface area contributed by atoms with Crippen molar-refractivity contribution in [1.29, 1.82) is 0 Å². The third kappa shape index (κ3) is 1.69. The maximum atomic E-state index is 11.0. The summed E-state index contributed by atoms with van der Waals surface area (Å²) in [6.07, 6.45) is 1.11. The van der Waals surface area contributed by atoms with Crippen LogP contribution in [0.25, 0.3) is 0 Å². The lowest BCUT2D eigenvalue weighted by Crippen LogP contribution is -2.29. The van der Waals surface area contributed by atoms with Gasteiger partial charge in [0.05, 0.1) is 6.61 Å². The first kappa shape index (κ1) is 8.04. The van der Waals surface area contributed by atoms with E-state index in [-0.39, 0.29) is 12.1 Å². The summed E-state index contributed by atoms with van der Waals surface area (Å²) in [5, 5.41) is 0. The molecule has 0 fully saturated rings. The second kappa shape index (κ2) is 3.37. The van der Waals surface area contributed by atoms with Crippen LogP contribution in [0.15, 0.2) is 4.99 Å². The van der Waals surface area contributed by atoms with E-state index in [2.05, 4.69) is 4.99 Å². The van der Waals surface area contributed by atoms with E-state index in [4.69, 9.17) is 9.47 Å². The van der Waals surface area contributed by atoms with Crippen LogP contribution in [0.1, 0.15) is 13.8 Å². The van der Waals surface area contributed by atoms with E-state index in [1.54, 1.807) is 13.8 Å². The van der Waals surface area contributed by atoms with Crippen molar-refractivity contribution in [3.05, 3.63) is 0 Å². The second-order valence-electron chi connectivity index (χ2n) is 2.29. The molecule has 0 aromatic carbocycles. The van der Waals surface area contributed by atoms with Gasteiger partial charge in [-0.05, 0) is 13.8 Å². The minimum atomic E-state index is -0.463. The summed E-state index contributed by atoms with van der Waals surface area (Å²) in [7, 11) is 0. The van der Waals surface area contributed by atoms with Gasteiger partial charge in [-0.15, -0.1) is 0 Å². The summed E-state index contributed by atoms with van der Waals surface area (Å²) < 4.78 is 9.70. The lowest BCUT2D eigenvalue weighted by Gasteiger charge is -2.10. The van der Waals surface area contributed by atoms with Gasteiger partial charge < -0.3 is 9.47 Å². The Kier molecular flexibility index (Phi) is 2.46. The molecule has 62 valence electrons. The minimum Gasteiger partial charge on any atom is -0.478 e. The van der Waals surface area contributed by atoms with Crippen molar-refractivity contribution in [2.75, 3.05) is 6.61 Å². The average Bonchev–Trinajstić information content (AvgIpc) is 2.36. The highest BCUT2D eigenvalue weighted by Crippen LogP contribution is 2.10. The molecule has 0 spiro atoms. The largest absolute Gasteiger partial charge is 0.478 e. The molecule has 4 nitrogen and oxygen atoms in total. The van der Waals surface area contributed by atoms with Gasteiger partial charge in [-0.1, -0.05) is 0 Å². The van der Waals surface area contributed by atoms with E-state index in [9.17, 15) is 4.79 Å². The summed E-state index contributed by atoms with van der Waals surface area (Å²) in [5.41, 5.74) is 0. The van der Waals surface area contributed by atoms with Crippen molar-refractivity contribution in [1.82, 2.24) is 0 Å². The maximum Gasteiger partial charge on any atom is 0.334 e. The van der Waals surface area contributed by atoms with Crippen molar-refractivity contribution in [2.24, 2.45) is 4.99 Å². The van der Waals surface area contributed by atoms with Crippen molar-refractivity contribution < 1.29 is 14.3 Å². The highest BCUT2D eigenvalue weighted by atomic mass is 16.5. The molecule has 0 aromatic rings. The summed E-state index contributed by atoms with van der Waals surface area (Å²) in [5.74, 6) is -0.311. The van der Waals surface area contributed by atoms with Crippen LogP contribution in [0.2, 0.25) is 0 Å². The fourth-order valence-electron chi connectivity index (χ4n) is 0.872. The van der Waals surface area contributed by atoms with Crippen molar-refractivity contribution in [2.45, 2.75) is 26.0 Å². The predicted molar refractivity (Wildman–Crippen MR) is 39.5 cm³/mol. The lowest BCUT2D eigenvalue weighted by molar-refractivity contribution is -0.145. The van der Waals surface area contributed by atoms with Crippen molar-refractivity contribution in [3.8, 4) is 0 Å². The van der Waals surface area contributed by atoms with Gasteiger partial charge in [0.1, 0.15) is 6.10 Å². The Morgan fingerprint density at radius 1 is 1.82 bits per heavy atom. The number of ether oxygens (including phenoxy) is 2. The average molecular weight is 157 g/mol. The predicted octanol–water partition coefficient (Wildman–Crippen LogP) is 0.365. The number of rotatable bonds is 2. The third-order valence-corrected chi connectivity index (χ3v) is 1.47. The van der Waals surface area contributed by atoms with E-state index in [1.165, 1.54) is 6.40 Å². The third-order valence-electron chi connectivity index (χ3n) is 1.47. The molecule has 1 aliphatic rings. The number of carbonyl (C=O) groups is 1. The number of nitrogens with zero attached hydrogens (tertiary/aromatic N) is 1. The van der Waals surface area contributed by atoms with Crippen molar-refractivity contribution >= 4 is 12.4 Å². The number of aliphatic imine (C=N–C) groups is 1. The molecular weight excluding hydrogens is 146 g/mol. The van der Waals surface area contributed by atoms with Crippen LogP contribution in [-0.2, 0) is 14.3 Å². The van der Waals surface area contributed by atoms with Gasteiger partial charge in [0.15, 0.2) is 12.4 Å². The molecule has 2 atom stereocenters. The molecule has 1 rings (SSSR count). The summed E-state index contributed by atoms with van der Waals surface area (Å²) in [6, 6.07) is -0.463. The van der Waals surface area contributed by atoms with Gasteiger partial charge in [0.25, 0.3) is 0 Å². The first-order chi connectivity index (χ1) is 5.25. The normalized spacial score (nSPS) is 28.2. The van der Waals surface area contributed by atoms with Gasteiger partial charge in [0.2, 0.25) is 0 Å². The summed E-state index contributed by atoms with van der Waals surface area (Å²) in [6.45, 7) is 3.94. The molecule has 0 bridgehead atoms. The minimum absolute atomic E-state index is 0.186. The van der Waals surface area contributed by atoms with Crippen molar-refractivity contribution in [3.63, 3.8) is 0 Å². The van der Waals surface area contributed by atoms with Crippen LogP contribution in [-0.4, -0.2) is 31.1 Å². The number of hydrogen-bond donors (Lipinski definition) is 0. The Balaban J connectivity index is 2.46. The first-order valence-electron chi connectivity index (χ1n) is 3.59. The van der Waals surface area contributed by atoms with Gasteiger partial charge in [-0.25, -0.2) is 9.79 Å². The summed E-state index contributed by atoms with van der Waals surface area (Å²) in [4.78, 5) is 14.9. The SMILES string of the molecule is CCOC(=O)[C@@H]1N=CO[C@H]1C. The molecule has 4 heteroatoms. The Morgan fingerprint density at radius 2 is 2.55 bits per heavy atom. The van der Waals surface area contributed by atoms with Crippen LogP contribution < -0.4 is 0 Å². The molecule has 0 aromatic heterocycles. The fourth-order valence-corrected chi connectivity index (χ4v) is 0.872. The number of carbonyl (C=O) groups excluding carboxylic acids is 1. The first-order valence-corrected chi connectivity index (χ1v) is 3.59. The molecule has 0 saturated heterocycles. The Bertz CT molecular complexity index is 179. The fraction of sp³-hybridized carbons (Fsp3) is 0.714. The quantitative estimate of drug-likeness (QED) is 0.544. The topological polar surface area (TPSA) is 47.9 Å². The molecule has 11 heavy (non-hydrogen) atoms. The zero-order valence-corrected chi connectivity index (χ0v) is 6.61. The van der Waals surface area contributed by atoms with E-state index < -0.39 is 6.04 Å². The van der Waals surface area contributed by atoms with Crippen LogP contribution in [0.5, 0.6) is 0 Å². The van der Waals surface area contributed by atoms with Crippen LogP contribution >= 0.6 is 0 Å². The van der Waals surface area contributed by atoms with Gasteiger partial charge in [0, 0.05) is 0 Å². The smallest absolute Gasteiger partial charge is 0.334 e. The van der Waals surface area contributed by atoms with Crippen LogP contribution in [0.4, 0.5) is 0 Å². The molecule has 0 N–H and O–H groups in total. The molecule has 0 radical (unpaired) electrons.